The van der Waals surface area contributed by atoms with E-state index in [-0.39, 0.29) is 13.1 Å². The van der Waals surface area contributed by atoms with E-state index in [1.807, 2.05) is 42.5 Å². The number of hydrogen-bond acceptors (Lipinski definition) is 4. The lowest BCUT2D eigenvalue weighted by Gasteiger charge is -2.20. The van der Waals surface area contributed by atoms with Crippen molar-refractivity contribution in [3.63, 3.8) is 0 Å². The molecular formula is C22H20ClN3O4. The Morgan fingerprint density at radius 3 is 2.17 bits per heavy atom. The third-order valence-electron chi connectivity index (χ3n) is 4.26. The number of benzene rings is 2. The van der Waals surface area contributed by atoms with Crippen molar-refractivity contribution < 1.29 is 18.8 Å². The number of nitrogens with one attached hydrogen (secondary N) is 3. The summed E-state index contributed by atoms with van der Waals surface area (Å²) < 4.78 is 5.08. The van der Waals surface area contributed by atoms with Crippen LogP contribution in [0.25, 0.3) is 0 Å². The molecule has 1 atom stereocenters. The highest BCUT2D eigenvalue weighted by molar-refractivity contribution is 6.35. The van der Waals surface area contributed by atoms with Gasteiger partial charge < -0.3 is 20.4 Å². The Morgan fingerprint density at radius 1 is 0.833 bits per heavy atom. The van der Waals surface area contributed by atoms with Crippen LogP contribution >= 0.6 is 11.6 Å². The minimum atomic E-state index is -0.903. The van der Waals surface area contributed by atoms with E-state index in [1.165, 1.54) is 6.26 Å². The third kappa shape index (κ3) is 5.96. The van der Waals surface area contributed by atoms with Crippen LogP contribution in [-0.2, 0) is 20.9 Å². The molecule has 0 fully saturated rings. The average molecular weight is 426 g/mol. The molecule has 0 aliphatic carbocycles. The van der Waals surface area contributed by atoms with Gasteiger partial charge in [0.1, 0.15) is 5.76 Å². The average Bonchev–Trinajstić information content (AvgIpc) is 3.29. The Hall–Kier alpha value is -3.58. The molecule has 0 radical (unpaired) electrons. The first kappa shape index (κ1) is 21.1. The number of amides is 3. The van der Waals surface area contributed by atoms with Gasteiger partial charge >= 0.3 is 11.8 Å². The summed E-state index contributed by atoms with van der Waals surface area (Å²) in [6, 6.07) is 19.4. The number of furan rings is 1. The van der Waals surface area contributed by atoms with Crippen molar-refractivity contribution in [2.45, 2.75) is 12.6 Å². The summed E-state index contributed by atoms with van der Waals surface area (Å²) in [5.74, 6) is -1.68. The Balaban J connectivity index is 1.57. The second-order valence-corrected chi connectivity index (χ2v) is 6.84. The summed E-state index contributed by atoms with van der Waals surface area (Å²) in [5, 5.41) is 8.19. The van der Waals surface area contributed by atoms with Crippen molar-refractivity contribution in [2.75, 3.05) is 6.54 Å². The Morgan fingerprint density at radius 2 is 1.50 bits per heavy atom. The number of rotatable bonds is 7. The van der Waals surface area contributed by atoms with E-state index >= 15 is 0 Å². The fraction of sp³-hybridized carbons (Fsp3) is 0.136. The molecule has 0 aliphatic heterocycles. The van der Waals surface area contributed by atoms with Crippen LogP contribution in [0.5, 0.6) is 0 Å². The van der Waals surface area contributed by atoms with E-state index in [0.717, 1.165) is 11.1 Å². The van der Waals surface area contributed by atoms with Gasteiger partial charge in [-0.15, -0.1) is 0 Å². The van der Waals surface area contributed by atoms with Gasteiger partial charge in [-0.05, 0) is 35.4 Å². The molecule has 0 aliphatic rings. The van der Waals surface area contributed by atoms with Crippen LogP contribution in [0.2, 0.25) is 5.02 Å². The second kappa shape index (κ2) is 10.3. The molecule has 0 bridgehead atoms. The summed E-state index contributed by atoms with van der Waals surface area (Å²) in [6.45, 7) is -0.262. The van der Waals surface area contributed by atoms with Gasteiger partial charge in [-0.3, -0.25) is 14.4 Å². The van der Waals surface area contributed by atoms with Gasteiger partial charge in [0, 0.05) is 5.02 Å². The minimum absolute atomic E-state index is 0.0814. The van der Waals surface area contributed by atoms with Crippen molar-refractivity contribution in [3.05, 3.63) is 94.9 Å². The Bertz CT molecular complexity index is 989. The molecule has 3 rings (SSSR count). The first-order valence-electron chi connectivity index (χ1n) is 9.21. The summed E-state index contributed by atoms with van der Waals surface area (Å²) in [7, 11) is 0. The predicted molar refractivity (Wildman–Crippen MR) is 111 cm³/mol. The quantitative estimate of drug-likeness (QED) is 0.506. The van der Waals surface area contributed by atoms with E-state index in [1.54, 1.807) is 24.3 Å². The van der Waals surface area contributed by atoms with Crippen LogP contribution in [0, 0.1) is 0 Å². The van der Waals surface area contributed by atoms with E-state index in [2.05, 4.69) is 16.0 Å². The lowest BCUT2D eigenvalue weighted by Crippen LogP contribution is -2.44. The van der Waals surface area contributed by atoms with Gasteiger partial charge in [0.25, 0.3) is 0 Å². The van der Waals surface area contributed by atoms with Gasteiger partial charge in [0.2, 0.25) is 5.91 Å². The zero-order valence-corrected chi connectivity index (χ0v) is 16.7. The fourth-order valence-electron chi connectivity index (χ4n) is 2.77. The summed E-state index contributed by atoms with van der Waals surface area (Å²) >= 11 is 5.96. The highest BCUT2D eigenvalue weighted by Gasteiger charge is 2.19. The van der Waals surface area contributed by atoms with Crippen LogP contribution in [-0.4, -0.2) is 24.3 Å². The second-order valence-electron chi connectivity index (χ2n) is 6.41. The monoisotopic (exact) mass is 425 g/mol. The minimum Gasteiger partial charge on any atom is -0.467 e. The van der Waals surface area contributed by atoms with Gasteiger partial charge in [0.05, 0.1) is 25.4 Å². The van der Waals surface area contributed by atoms with Gasteiger partial charge in [-0.25, -0.2) is 0 Å². The smallest absolute Gasteiger partial charge is 0.309 e. The Labute approximate surface area is 178 Å². The van der Waals surface area contributed by atoms with Crippen molar-refractivity contribution in [3.8, 4) is 0 Å². The molecule has 0 unspecified atom stereocenters. The first-order valence-corrected chi connectivity index (χ1v) is 9.59. The standard InChI is InChI=1S/C22H20ClN3O4/c23-17-10-8-16(9-11-17)20(15-5-2-1-3-6-15)26-19(27)14-25-22(29)21(28)24-13-18-7-4-12-30-18/h1-12,20H,13-14H2,(H,24,28)(H,25,29)(H,26,27)/t20-/m0/s1. The fourth-order valence-corrected chi connectivity index (χ4v) is 2.90. The van der Waals surface area contributed by atoms with Crippen LogP contribution in [0.1, 0.15) is 22.9 Å². The molecule has 3 N–H and O–H groups in total. The molecule has 1 aromatic heterocycles. The SMILES string of the molecule is O=C(CNC(=O)C(=O)NCc1ccco1)N[C@@H](c1ccccc1)c1ccc(Cl)cc1. The third-order valence-corrected chi connectivity index (χ3v) is 4.51. The molecule has 8 heteroatoms. The molecule has 154 valence electrons. The van der Waals surface area contributed by atoms with Crippen LogP contribution in [0.15, 0.2) is 77.4 Å². The zero-order valence-electron chi connectivity index (χ0n) is 15.9. The highest BCUT2D eigenvalue weighted by Crippen LogP contribution is 2.23. The number of halogens is 1. The van der Waals surface area contributed by atoms with Crippen LogP contribution in [0.4, 0.5) is 0 Å². The van der Waals surface area contributed by atoms with E-state index in [9.17, 15) is 14.4 Å². The lowest BCUT2D eigenvalue weighted by molar-refractivity contribution is -0.139. The van der Waals surface area contributed by atoms with E-state index < -0.39 is 23.8 Å². The molecular weight excluding hydrogens is 406 g/mol. The summed E-state index contributed by atoms with van der Waals surface area (Å²) in [6.07, 6.45) is 1.47. The Kier molecular flexibility index (Phi) is 7.24. The molecule has 0 saturated heterocycles. The van der Waals surface area contributed by atoms with Crippen molar-refractivity contribution in [1.29, 1.82) is 0 Å². The molecule has 30 heavy (non-hydrogen) atoms. The van der Waals surface area contributed by atoms with Crippen LogP contribution < -0.4 is 16.0 Å². The molecule has 2 aromatic carbocycles. The molecule has 0 saturated carbocycles. The summed E-state index contributed by atoms with van der Waals surface area (Å²) in [4.78, 5) is 36.2. The molecule has 1 heterocycles. The lowest BCUT2D eigenvalue weighted by atomic mass is 9.98. The van der Waals surface area contributed by atoms with Crippen molar-refractivity contribution >= 4 is 29.3 Å². The number of hydrogen-bond donors (Lipinski definition) is 3. The summed E-state index contributed by atoms with van der Waals surface area (Å²) in [5.41, 5.74) is 1.71. The van der Waals surface area contributed by atoms with Gasteiger partial charge in [-0.1, -0.05) is 54.1 Å². The maximum atomic E-state index is 12.4. The molecule has 7 nitrogen and oxygen atoms in total. The van der Waals surface area contributed by atoms with E-state index in [0.29, 0.717) is 10.8 Å². The van der Waals surface area contributed by atoms with Crippen LogP contribution in [0.3, 0.4) is 0 Å². The van der Waals surface area contributed by atoms with Gasteiger partial charge in [-0.2, -0.15) is 0 Å². The van der Waals surface area contributed by atoms with Gasteiger partial charge in [0.15, 0.2) is 0 Å². The molecule has 3 amide bonds. The maximum Gasteiger partial charge on any atom is 0.309 e. The topological polar surface area (TPSA) is 100 Å². The van der Waals surface area contributed by atoms with Crippen molar-refractivity contribution in [1.82, 2.24) is 16.0 Å². The number of carbonyl (C=O) groups is 3. The van der Waals surface area contributed by atoms with Crippen molar-refractivity contribution in [2.24, 2.45) is 0 Å². The van der Waals surface area contributed by atoms with E-state index in [4.69, 9.17) is 16.0 Å². The first-order chi connectivity index (χ1) is 14.5. The molecule has 0 spiro atoms. The molecule has 3 aromatic rings. The highest BCUT2D eigenvalue weighted by atomic mass is 35.5. The predicted octanol–water partition coefficient (Wildman–Crippen LogP) is 2.57. The zero-order chi connectivity index (χ0) is 21.3. The normalized spacial score (nSPS) is 11.4. The largest absolute Gasteiger partial charge is 0.467 e. The maximum absolute atomic E-state index is 12.4. The number of carbonyl (C=O) groups excluding carboxylic acids is 3.